The Bertz CT molecular complexity index is 948. The van der Waals surface area contributed by atoms with E-state index in [0.717, 1.165) is 9.87 Å². The van der Waals surface area contributed by atoms with Crippen LogP contribution in [0.4, 0.5) is 0 Å². The maximum absolute atomic E-state index is 12.6. The first-order chi connectivity index (χ1) is 13.7. The summed E-state index contributed by atoms with van der Waals surface area (Å²) < 4.78 is 36.8. The lowest BCUT2D eigenvalue weighted by atomic mass is 10.0. The van der Waals surface area contributed by atoms with Gasteiger partial charge in [-0.2, -0.15) is 4.31 Å². The average molecular weight is 441 g/mol. The third-order valence-electron chi connectivity index (χ3n) is 4.44. The predicted molar refractivity (Wildman–Crippen MR) is 112 cm³/mol. The van der Waals surface area contributed by atoms with E-state index in [1.807, 2.05) is 13.0 Å². The van der Waals surface area contributed by atoms with Crippen LogP contribution in [0.5, 0.6) is 11.5 Å². The zero-order valence-corrected chi connectivity index (χ0v) is 18.4. The van der Waals surface area contributed by atoms with Gasteiger partial charge >= 0.3 is 0 Å². The van der Waals surface area contributed by atoms with E-state index >= 15 is 0 Å². The number of amides is 1. The number of ether oxygens (including phenoxy) is 2. The van der Waals surface area contributed by atoms with Crippen LogP contribution in [-0.2, 0) is 14.8 Å². The average Bonchev–Trinajstić information content (AvgIpc) is 2.71. The molecule has 0 aliphatic rings. The highest BCUT2D eigenvalue weighted by molar-refractivity contribution is 7.89. The number of benzene rings is 2. The molecule has 7 nitrogen and oxygen atoms in total. The highest BCUT2D eigenvalue weighted by atomic mass is 35.5. The van der Waals surface area contributed by atoms with Gasteiger partial charge in [0.1, 0.15) is 0 Å². The summed E-state index contributed by atoms with van der Waals surface area (Å²) in [5.41, 5.74) is 0.835. The van der Waals surface area contributed by atoms with Crippen LogP contribution in [-0.4, -0.2) is 46.4 Å². The van der Waals surface area contributed by atoms with E-state index in [4.69, 9.17) is 21.1 Å². The van der Waals surface area contributed by atoms with Gasteiger partial charge in [0, 0.05) is 12.1 Å². The fourth-order valence-electron chi connectivity index (χ4n) is 2.80. The van der Waals surface area contributed by atoms with Gasteiger partial charge in [0.25, 0.3) is 0 Å². The number of sulfonamides is 1. The van der Waals surface area contributed by atoms with Gasteiger partial charge in [0.15, 0.2) is 11.5 Å². The number of carbonyl (C=O) groups excluding carboxylic acids is 1. The number of hydrogen-bond donors (Lipinski definition) is 1. The Hall–Kier alpha value is -2.29. The molecule has 1 unspecified atom stereocenters. The van der Waals surface area contributed by atoms with E-state index in [1.165, 1.54) is 38.4 Å². The quantitative estimate of drug-likeness (QED) is 0.647. The SMILES string of the molecule is CCC(NC(=O)CN(C)S(=O)(=O)c1ccc(Cl)cc1)c1ccc(OC)c(OC)c1. The van der Waals surface area contributed by atoms with Crippen molar-refractivity contribution in [2.75, 3.05) is 27.8 Å². The van der Waals surface area contributed by atoms with Gasteiger partial charge in [0.2, 0.25) is 15.9 Å². The smallest absolute Gasteiger partial charge is 0.243 e. The molecule has 0 saturated carbocycles. The Morgan fingerprint density at radius 2 is 1.72 bits per heavy atom. The molecule has 2 rings (SSSR count). The molecule has 158 valence electrons. The molecular formula is C20H25ClN2O5S. The first-order valence-corrected chi connectivity index (χ1v) is 10.8. The van der Waals surface area contributed by atoms with Crippen molar-refractivity contribution in [3.63, 3.8) is 0 Å². The number of halogens is 1. The van der Waals surface area contributed by atoms with Crippen LogP contribution in [0.2, 0.25) is 5.02 Å². The van der Waals surface area contributed by atoms with Gasteiger partial charge in [-0.3, -0.25) is 4.79 Å². The fourth-order valence-corrected chi connectivity index (χ4v) is 4.06. The van der Waals surface area contributed by atoms with Crippen molar-refractivity contribution in [1.82, 2.24) is 9.62 Å². The Kier molecular flexibility index (Phi) is 7.89. The van der Waals surface area contributed by atoms with Gasteiger partial charge in [-0.1, -0.05) is 24.6 Å². The molecule has 0 fully saturated rings. The molecule has 0 heterocycles. The van der Waals surface area contributed by atoms with Gasteiger partial charge < -0.3 is 14.8 Å². The van der Waals surface area contributed by atoms with Crippen LogP contribution >= 0.6 is 11.6 Å². The van der Waals surface area contributed by atoms with Crippen molar-refractivity contribution in [2.45, 2.75) is 24.3 Å². The van der Waals surface area contributed by atoms with Crippen LogP contribution in [0.15, 0.2) is 47.4 Å². The zero-order chi connectivity index (χ0) is 21.6. The number of rotatable bonds is 9. The van der Waals surface area contributed by atoms with Crippen LogP contribution in [0.25, 0.3) is 0 Å². The lowest BCUT2D eigenvalue weighted by Crippen LogP contribution is -2.39. The summed E-state index contributed by atoms with van der Waals surface area (Å²) in [7, 11) is 0.650. The summed E-state index contributed by atoms with van der Waals surface area (Å²) in [5, 5.41) is 3.31. The Morgan fingerprint density at radius 3 is 2.28 bits per heavy atom. The molecule has 0 saturated heterocycles. The molecule has 1 amide bonds. The van der Waals surface area contributed by atoms with Crippen molar-refractivity contribution in [2.24, 2.45) is 0 Å². The number of nitrogens with one attached hydrogen (secondary N) is 1. The zero-order valence-electron chi connectivity index (χ0n) is 16.8. The monoisotopic (exact) mass is 440 g/mol. The van der Waals surface area contributed by atoms with Crippen molar-refractivity contribution >= 4 is 27.5 Å². The molecular weight excluding hydrogens is 416 g/mol. The predicted octanol–water partition coefficient (Wildman–Crippen LogP) is 3.25. The summed E-state index contributed by atoms with van der Waals surface area (Å²) >= 11 is 5.81. The molecule has 0 spiro atoms. The van der Waals surface area contributed by atoms with Crippen molar-refractivity contribution in [3.05, 3.63) is 53.1 Å². The molecule has 2 aromatic carbocycles. The normalized spacial score (nSPS) is 12.5. The topological polar surface area (TPSA) is 84.9 Å². The second-order valence-corrected chi connectivity index (χ2v) is 8.84. The molecule has 1 N–H and O–H groups in total. The fraction of sp³-hybridized carbons (Fsp3) is 0.350. The molecule has 0 aliphatic heterocycles. The summed E-state index contributed by atoms with van der Waals surface area (Å²) in [4.78, 5) is 12.6. The maximum atomic E-state index is 12.6. The van der Waals surface area contributed by atoms with Crippen LogP contribution in [0.1, 0.15) is 24.9 Å². The standard InChI is InChI=1S/C20H25ClN2O5S/c1-5-17(14-6-11-18(27-3)19(12-14)28-4)22-20(24)13-23(2)29(25,26)16-9-7-15(21)8-10-16/h6-12,17H,5,13H2,1-4H3,(H,22,24). The van der Waals surface area contributed by atoms with E-state index in [2.05, 4.69) is 5.32 Å². The second-order valence-electron chi connectivity index (χ2n) is 6.36. The molecule has 29 heavy (non-hydrogen) atoms. The number of nitrogens with zero attached hydrogens (tertiary/aromatic N) is 1. The van der Waals surface area contributed by atoms with Crippen LogP contribution in [0.3, 0.4) is 0 Å². The highest BCUT2D eigenvalue weighted by Gasteiger charge is 2.24. The molecule has 2 aromatic rings. The van der Waals surface area contributed by atoms with Crippen LogP contribution in [0, 0.1) is 0 Å². The lowest BCUT2D eigenvalue weighted by molar-refractivity contribution is -0.121. The minimum Gasteiger partial charge on any atom is -0.493 e. The summed E-state index contributed by atoms with van der Waals surface area (Å²) in [6, 6.07) is 10.9. The summed E-state index contributed by atoms with van der Waals surface area (Å²) in [5.74, 6) is 0.734. The third kappa shape index (κ3) is 5.62. The van der Waals surface area contributed by atoms with E-state index in [9.17, 15) is 13.2 Å². The van der Waals surface area contributed by atoms with E-state index in [1.54, 1.807) is 19.2 Å². The molecule has 9 heteroatoms. The number of methoxy groups -OCH3 is 2. The molecule has 0 aromatic heterocycles. The number of likely N-dealkylation sites (N-methyl/N-ethyl adjacent to an activating group) is 1. The second kappa shape index (κ2) is 9.96. The first-order valence-electron chi connectivity index (χ1n) is 8.96. The summed E-state index contributed by atoms with van der Waals surface area (Å²) in [6.45, 7) is 1.62. The molecule has 0 radical (unpaired) electrons. The Labute approximate surface area is 176 Å². The first kappa shape index (κ1) is 23.0. The lowest BCUT2D eigenvalue weighted by Gasteiger charge is -2.21. The van der Waals surface area contributed by atoms with Gasteiger partial charge in [0.05, 0.1) is 31.7 Å². The highest BCUT2D eigenvalue weighted by Crippen LogP contribution is 2.30. The Balaban J connectivity index is 2.10. The van der Waals surface area contributed by atoms with E-state index in [0.29, 0.717) is 22.9 Å². The number of hydrogen-bond acceptors (Lipinski definition) is 5. The van der Waals surface area contributed by atoms with Crippen molar-refractivity contribution < 1.29 is 22.7 Å². The number of carbonyl (C=O) groups is 1. The van der Waals surface area contributed by atoms with E-state index in [-0.39, 0.29) is 17.5 Å². The summed E-state index contributed by atoms with van der Waals surface area (Å²) in [6.07, 6.45) is 0.620. The molecule has 0 bridgehead atoms. The van der Waals surface area contributed by atoms with Gasteiger partial charge in [-0.25, -0.2) is 8.42 Å². The minimum absolute atomic E-state index is 0.0733. The van der Waals surface area contributed by atoms with Crippen LogP contribution < -0.4 is 14.8 Å². The third-order valence-corrected chi connectivity index (χ3v) is 6.51. The Morgan fingerprint density at radius 1 is 1.10 bits per heavy atom. The largest absolute Gasteiger partial charge is 0.493 e. The maximum Gasteiger partial charge on any atom is 0.243 e. The molecule has 0 aliphatic carbocycles. The van der Waals surface area contributed by atoms with E-state index < -0.39 is 15.9 Å². The van der Waals surface area contributed by atoms with Crippen molar-refractivity contribution in [1.29, 1.82) is 0 Å². The minimum atomic E-state index is -3.80. The van der Waals surface area contributed by atoms with Crippen molar-refractivity contribution in [3.8, 4) is 11.5 Å². The molecule has 1 atom stereocenters. The van der Waals surface area contributed by atoms with Gasteiger partial charge in [-0.15, -0.1) is 0 Å². The van der Waals surface area contributed by atoms with Gasteiger partial charge in [-0.05, 0) is 48.4 Å².